The summed E-state index contributed by atoms with van der Waals surface area (Å²) in [6, 6.07) is 0. The zero-order valence-electron chi connectivity index (χ0n) is 11.8. The van der Waals surface area contributed by atoms with Gasteiger partial charge in [-0.15, -0.1) is 0 Å². The van der Waals surface area contributed by atoms with E-state index in [0.29, 0.717) is 12.5 Å². The van der Waals surface area contributed by atoms with Gasteiger partial charge in [-0.25, -0.2) is 18.1 Å². The summed E-state index contributed by atoms with van der Waals surface area (Å²) in [6.45, 7) is 3.05. The molecule has 0 aromatic carbocycles. The number of sulfonamides is 1. The molecular formula is C13H22N4O2S. The summed E-state index contributed by atoms with van der Waals surface area (Å²) in [6.07, 6.45) is 6.74. The number of aromatic nitrogens is 2. The van der Waals surface area contributed by atoms with Crippen molar-refractivity contribution in [1.29, 1.82) is 0 Å². The molecule has 6 nitrogen and oxygen atoms in total. The first-order chi connectivity index (χ1) is 9.44. The molecule has 0 saturated heterocycles. The molecule has 20 heavy (non-hydrogen) atoms. The van der Waals surface area contributed by atoms with E-state index in [2.05, 4.69) is 9.71 Å². The Kier molecular flexibility index (Phi) is 3.38. The van der Waals surface area contributed by atoms with E-state index in [4.69, 9.17) is 5.73 Å². The number of fused-ring (bicyclic) bond motifs is 1. The highest BCUT2D eigenvalue weighted by Crippen LogP contribution is 2.39. The van der Waals surface area contributed by atoms with E-state index in [9.17, 15) is 8.42 Å². The predicted octanol–water partition coefficient (Wildman–Crippen LogP) is 0.625. The second-order valence-electron chi connectivity index (χ2n) is 6.15. The molecule has 1 aromatic heterocycles. The maximum Gasteiger partial charge on any atom is 0.260 e. The standard InChI is InChI=1S/C13H22N4O2S/c1-13(9-14,10-5-6-10)16-20(18,19)12-8-17-7-3-2-4-11(17)15-12/h8,10,16H,2-7,9,14H2,1H3. The van der Waals surface area contributed by atoms with Crippen molar-refractivity contribution in [2.24, 2.45) is 11.7 Å². The number of rotatable bonds is 5. The van der Waals surface area contributed by atoms with Crippen LogP contribution >= 0.6 is 0 Å². The van der Waals surface area contributed by atoms with E-state index >= 15 is 0 Å². The van der Waals surface area contributed by atoms with Crippen molar-refractivity contribution in [3.63, 3.8) is 0 Å². The first-order valence-electron chi connectivity index (χ1n) is 7.25. The molecule has 112 valence electrons. The molecule has 2 aliphatic rings. The lowest BCUT2D eigenvalue weighted by molar-refractivity contribution is 0.373. The fourth-order valence-corrected chi connectivity index (χ4v) is 4.35. The van der Waals surface area contributed by atoms with Crippen LogP contribution in [0.25, 0.3) is 0 Å². The molecule has 1 saturated carbocycles. The van der Waals surface area contributed by atoms with Crippen molar-refractivity contribution in [2.75, 3.05) is 6.54 Å². The summed E-state index contributed by atoms with van der Waals surface area (Å²) in [4.78, 5) is 4.29. The molecule has 0 radical (unpaired) electrons. The van der Waals surface area contributed by atoms with Gasteiger partial charge in [-0.05, 0) is 38.5 Å². The van der Waals surface area contributed by atoms with Crippen LogP contribution < -0.4 is 10.5 Å². The Labute approximate surface area is 119 Å². The molecule has 1 atom stereocenters. The second-order valence-corrected chi connectivity index (χ2v) is 7.78. The SMILES string of the molecule is CC(CN)(NS(=O)(=O)c1cn2c(n1)CCCC2)C1CC1. The van der Waals surface area contributed by atoms with Crippen LogP contribution in [0.3, 0.4) is 0 Å². The highest BCUT2D eigenvalue weighted by atomic mass is 32.2. The molecule has 1 aliphatic heterocycles. The van der Waals surface area contributed by atoms with E-state index in [1.807, 2.05) is 11.5 Å². The molecule has 0 amide bonds. The third kappa shape index (κ3) is 2.49. The van der Waals surface area contributed by atoms with Gasteiger partial charge in [0, 0.05) is 31.2 Å². The fraction of sp³-hybridized carbons (Fsp3) is 0.769. The van der Waals surface area contributed by atoms with Crippen LogP contribution in [0.4, 0.5) is 0 Å². The van der Waals surface area contributed by atoms with E-state index in [0.717, 1.165) is 44.5 Å². The lowest BCUT2D eigenvalue weighted by Crippen LogP contribution is -2.53. The third-order valence-electron chi connectivity index (χ3n) is 4.43. The Morgan fingerprint density at radius 2 is 2.25 bits per heavy atom. The summed E-state index contributed by atoms with van der Waals surface area (Å²) in [5.74, 6) is 1.22. The van der Waals surface area contributed by atoms with Crippen LogP contribution in [0.15, 0.2) is 11.2 Å². The maximum atomic E-state index is 12.5. The number of nitrogens with zero attached hydrogens (tertiary/aromatic N) is 2. The summed E-state index contributed by atoms with van der Waals surface area (Å²) in [5.41, 5.74) is 5.23. The first kappa shape index (κ1) is 14.0. The topological polar surface area (TPSA) is 90.0 Å². The minimum absolute atomic E-state index is 0.134. The van der Waals surface area contributed by atoms with Gasteiger partial charge in [0.2, 0.25) is 0 Å². The average molecular weight is 298 g/mol. The molecule has 3 N–H and O–H groups in total. The van der Waals surface area contributed by atoms with Crippen molar-refractivity contribution in [1.82, 2.24) is 14.3 Å². The number of aryl methyl sites for hydroxylation is 2. The molecule has 7 heteroatoms. The molecule has 1 fully saturated rings. The van der Waals surface area contributed by atoms with E-state index < -0.39 is 15.6 Å². The molecule has 2 heterocycles. The first-order valence-corrected chi connectivity index (χ1v) is 8.73. The maximum absolute atomic E-state index is 12.5. The lowest BCUT2D eigenvalue weighted by atomic mass is 9.98. The van der Waals surface area contributed by atoms with Gasteiger partial charge < -0.3 is 10.3 Å². The number of hydrogen-bond donors (Lipinski definition) is 2. The van der Waals surface area contributed by atoms with Gasteiger partial charge >= 0.3 is 0 Å². The van der Waals surface area contributed by atoms with Gasteiger partial charge in [0.05, 0.1) is 0 Å². The highest BCUT2D eigenvalue weighted by molar-refractivity contribution is 7.89. The molecule has 0 spiro atoms. The highest BCUT2D eigenvalue weighted by Gasteiger charge is 2.43. The van der Waals surface area contributed by atoms with Crippen molar-refractivity contribution in [3.05, 3.63) is 12.0 Å². The molecule has 1 aliphatic carbocycles. The van der Waals surface area contributed by atoms with Gasteiger partial charge in [0.25, 0.3) is 10.0 Å². The third-order valence-corrected chi connectivity index (χ3v) is 5.91. The Hall–Kier alpha value is -0.920. The van der Waals surface area contributed by atoms with Crippen LogP contribution in [0.1, 0.15) is 38.4 Å². The van der Waals surface area contributed by atoms with Gasteiger partial charge in [-0.3, -0.25) is 0 Å². The molecule has 3 rings (SSSR count). The van der Waals surface area contributed by atoms with Crippen LogP contribution in [0, 0.1) is 5.92 Å². The average Bonchev–Trinajstić information content (AvgIpc) is 3.17. The Balaban J connectivity index is 1.86. The van der Waals surface area contributed by atoms with Gasteiger partial charge in [0.1, 0.15) is 5.82 Å². The molecule has 1 unspecified atom stereocenters. The Bertz CT molecular complexity index is 582. The summed E-state index contributed by atoms with van der Waals surface area (Å²) in [7, 11) is -3.59. The number of nitrogens with two attached hydrogens (primary N) is 1. The van der Waals surface area contributed by atoms with E-state index in [1.165, 1.54) is 0 Å². The normalized spacial score (nSPS) is 22.3. The van der Waals surface area contributed by atoms with E-state index in [-0.39, 0.29) is 5.03 Å². The minimum Gasteiger partial charge on any atom is -0.333 e. The van der Waals surface area contributed by atoms with Gasteiger partial charge in [-0.1, -0.05) is 0 Å². The van der Waals surface area contributed by atoms with Crippen molar-refractivity contribution < 1.29 is 8.42 Å². The van der Waals surface area contributed by atoms with Crippen LogP contribution in [-0.2, 0) is 23.0 Å². The predicted molar refractivity (Wildman–Crippen MR) is 75.7 cm³/mol. The second kappa shape index (κ2) is 4.82. The molecule has 0 bridgehead atoms. The summed E-state index contributed by atoms with van der Waals surface area (Å²) in [5, 5.41) is 0.134. The summed E-state index contributed by atoms with van der Waals surface area (Å²) < 4.78 is 29.8. The zero-order chi connectivity index (χ0) is 14.4. The Morgan fingerprint density at radius 3 is 2.85 bits per heavy atom. The van der Waals surface area contributed by atoms with Crippen LogP contribution in [0.2, 0.25) is 0 Å². The lowest BCUT2D eigenvalue weighted by Gasteiger charge is -2.28. The van der Waals surface area contributed by atoms with Gasteiger partial charge in [-0.2, -0.15) is 0 Å². The fourth-order valence-electron chi connectivity index (χ4n) is 2.89. The summed E-state index contributed by atoms with van der Waals surface area (Å²) >= 11 is 0. The van der Waals surface area contributed by atoms with Crippen molar-refractivity contribution >= 4 is 10.0 Å². The van der Waals surface area contributed by atoms with Crippen molar-refractivity contribution in [2.45, 2.75) is 56.1 Å². The quantitative estimate of drug-likeness (QED) is 0.834. The Morgan fingerprint density at radius 1 is 1.50 bits per heavy atom. The number of nitrogens with one attached hydrogen (secondary N) is 1. The van der Waals surface area contributed by atoms with Crippen LogP contribution in [-0.4, -0.2) is 30.1 Å². The smallest absolute Gasteiger partial charge is 0.260 e. The van der Waals surface area contributed by atoms with E-state index in [1.54, 1.807) is 6.20 Å². The number of hydrogen-bond acceptors (Lipinski definition) is 4. The van der Waals surface area contributed by atoms with Crippen LogP contribution in [0.5, 0.6) is 0 Å². The zero-order valence-corrected chi connectivity index (χ0v) is 12.6. The van der Waals surface area contributed by atoms with Crippen molar-refractivity contribution in [3.8, 4) is 0 Å². The van der Waals surface area contributed by atoms with Gasteiger partial charge in [0.15, 0.2) is 5.03 Å². The monoisotopic (exact) mass is 298 g/mol. The number of imidazole rings is 1. The largest absolute Gasteiger partial charge is 0.333 e. The molecule has 1 aromatic rings. The minimum atomic E-state index is -3.59. The molecular weight excluding hydrogens is 276 g/mol.